The zero-order chi connectivity index (χ0) is 19.0. The van der Waals surface area contributed by atoms with Crippen molar-refractivity contribution in [3.05, 3.63) is 89.7 Å². The number of pyridine rings is 1. The van der Waals surface area contributed by atoms with E-state index in [1.165, 1.54) is 31.5 Å². The van der Waals surface area contributed by atoms with E-state index in [9.17, 15) is 0 Å². The van der Waals surface area contributed by atoms with E-state index in [0.717, 1.165) is 35.7 Å². The molecule has 4 rings (SSSR count). The maximum atomic E-state index is 6.02. The lowest BCUT2D eigenvalue weighted by Gasteiger charge is -2.15. The summed E-state index contributed by atoms with van der Waals surface area (Å²) in [5, 5.41) is 3.51. The van der Waals surface area contributed by atoms with Gasteiger partial charge in [-0.15, -0.1) is 0 Å². The third kappa shape index (κ3) is 5.11. The van der Waals surface area contributed by atoms with Gasteiger partial charge in [0.1, 0.15) is 12.4 Å². The Kier molecular flexibility index (Phi) is 6.20. The van der Waals surface area contributed by atoms with E-state index in [1.54, 1.807) is 6.20 Å². The molecule has 1 aromatic heterocycles. The Morgan fingerprint density at radius 2 is 1.71 bits per heavy atom. The molecular formula is C24H27N3O. The third-order valence-electron chi connectivity index (χ3n) is 5.13. The number of benzene rings is 2. The summed E-state index contributed by atoms with van der Waals surface area (Å²) in [6.07, 6.45) is 6.28. The topological polar surface area (TPSA) is 37.4 Å². The molecule has 2 heterocycles. The van der Waals surface area contributed by atoms with E-state index >= 15 is 0 Å². The highest BCUT2D eigenvalue weighted by Crippen LogP contribution is 2.21. The highest BCUT2D eigenvalue weighted by molar-refractivity contribution is 5.46. The van der Waals surface area contributed by atoms with Crippen molar-refractivity contribution in [2.45, 2.75) is 32.5 Å². The highest BCUT2D eigenvalue weighted by atomic mass is 16.5. The molecule has 0 spiro atoms. The summed E-state index contributed by atoms with van der Waals surface area (Å²) in [6, 6.07) is 20.9. The maximum absolute atomic E-state index is 6.02. The van der Waals surface area contributed by atoms with Crippen LogP contribution < -0.4 is 10.1 Å². The number of hydrogen-bond acceptors (Lipinski definition) is 4. The van der Waals surface area contributed by atoms with Gasteiger partial charge in [0.2, 0.25) is 0 Å². The van der Waals surface area contributed by atoms with Gasteiger partial charge in [-0.3, -0.25) is 9.88 Å². The summed E-state index contributed by atoms with van der Waals surface area (Å²) < 4.78 is 6.02. The first-order chi connectivity index (χ1) is 13.9. The molecule has 0 bridgehead atoms. The van der Waals surface area contributed by atoms with Crippen LogP contribution in [0.5, 0.6) is 5.75 Å². The van der Waals surface area contributed by atoms with Gasteiger partial charge in [-0.25, -0.2) is 0 Å². The predicted molar refractivity (Wildman–Crippen MR) is 113 cm³/mol. The largest absolute Gasteiger partial charge is 0.488 e. The van der Waals surface area contributed by atoms with Crippen molar-refractivity contribution < 1.29 is 4.74 Å². The normalized spacial score (nSPS) is 14.1. The first kappa shape index (κ1) is 18.5. The van der Waals surface area contributed by atoms with Crippen molar-refractivity contribution in [1.29, 1.82) is 0 Å². The number of likely N-dealkylation sites (tertiary alicyclic amines) is 1. The van der Waals surface area contributed by atoms with Crippen LogP contribution in [-0.4, -0.2) is 23.0 Å². The Morgan fingerprint density at radius 1 is 0.893 bits per heavy atom. The minimum Gasteiger partial charge on any atom is -0.488 e. The molecule has 0 radical (unpaired) electrons. The summed E-state index contributed by atoms with van der Waals surface area (Å²) in [5.74, 6) is 0.907. The van der Waals surface area contributed by atoms with Crippen molar-refractivity contribution in [3.63, 3.8) is 0 Å². The van der Waals surface area contributed by atoms with Gasteiger partial charge in [-0.2, -0.15) is 0 Å². The van der Waals surface area contributed by atoms with Crippen molar-refractivity contribution in [1.82, 2.24) is 9.88 Å². The van der Waals surface area contributed by atoms with Gasteiger partial charge in [-0.05, 0) is 55.8 Å². The zero-order valence-electron chi connectivity index (χ0n) is 16.2. The van der Waals surface area contributed by atoms with Crippen LogP contribution in [0.25, 0.3) is 0 Å². The molecule has 4 nitrogen and oxygen atoms in total. The van der Waals surface area contributed by atoms with E-state index in [4.69, 9.17) is 4.74 Å². The molecule has 0 atom stereocenters. The van der Waals surface area contributed by atoms with Gasteiger partial charge < -0.3 is 10.1 Å². The summed E-state index contributed by atoms with van der Waals surface area (Å²) >= 11 is 0. The van der Waals surface area contributed by atoms with Crippen LogP contribution in [0.15, 0.2) is 73.1 Å². The molecule has 28 heavy (non-hydrogen) atoms. The standard InChI is InChI=1S/C24H27N3O/c1-2-8-24(28-19-21-6-5-13-25-16-21)22(7-1)17-26-23-11-9-20(10-12-23)18-27-14-3-4-15-27/h1-2,5-13,16,26H,3-4,14-15,17-19H2. The monoisotopic (exact) mass is 373 g/mol. The number of ether oxygens (including phenoxy) is 1. The maximum Gasteiger partial charge on any atom is 0.124 e. The summed E-state index contributed by atoms with van der Waals surface area (Å²) in [5.41, 5.74) is 4.73. The quantitative estimate of drug-likeness (QED) is 0.611. The molecule has 0 saturated carbocycles. The molecule has 3 aromatic rings. The van der Waals surface area contributed by atoms with E-state index < -0.39 is 0 Å². The van der Waals surface area contributed by atoms with Crippen LogP contribution in [0.2, 0.25) is 0 Å². The molecular weight excluding hydrogens is 346 g/mol. The van der Waals surface area contributed by atoms with Crippen LogP contribution in [0.1, 0.15) is 29.5 Å². The van der Waals surface area contributed by atoms with Crippen molar-refractivity contribution in [2.75, 3.05) is 18.4 Å². The minimum absolute atomic E-state index is 0.524. The smallest absolute Gasteiger partial charge is 0.124 e. The Bertz CT molecular complexity index is 859. The van der Waals surface area contributed by atoms with Crippen LogP contribution in [-0.2, 0) is 19.7 Å². The summed E-state index contributed by atoms with van der Waals surface area (Å²) in [6.45, 7) is 4.78. The molecule has 1 aliphatic heterocycles. The minimum atomic E-state index is 0.524. The summed E-state index contributed by atoms with van der Waals surface area (Å²) in [7, 11) is 0. The molecule has 1 aliphatic rings. The van der Waals surface area contributed by atoms with Gasteiger partial charge in [0.25, 0.3) is 0 Å². The molecule has 144 valence electrons. The second-order valence-electron chi connectivity index (χ2n) is 7.29. The van der Waals surface area contributed by atoms with Crippen molar-refractivity contribution in [3.8, 4) is 5.75 Å². The van der Waals surface area contributed by atoms with Crippen molar-refractivity contribution >= 4 is 5.69 Å². The van der Waals surface area contributed by atoms with E-state index in [0.29, 0.717) is 6.61 Å². The Morgan fingerprint density at radius 3 is 2.50 bits per heavy atom. The molecule has 1 N–H and O–H groups in total. The van der Waals surface area contributed by atoms with Gasteiger partial charge >= 0.3 is 0 Å². The van der Waals surface area contributed by atoms with Crippen LogP contribution in [0.4, 0.5) is 5.69 Å². The van der Waals surface area contributed by atoms with E-state index in [2.05, 4.69) is 45.5 Å². The lowest BCUT2D eigenvalue weighted by molar-refractivity contribution is 0.303. The number of para-hydroxylation sites is 1. The Labute approximate surface area is 167 Å². The first-order valence-electron chi connectivity index (χ1n) is 10.0. The van der Waals surface area contributed by atoms with Crippen LogP contribution >= 0.6 is 0 Å². The SMILES string of the molecule is c1cncc(COc2ccccc2CNc2ccc(CN3CCCC3)cc2)c1. The number of rotatable bonds is 8. The predicted octanol–water partition coefficient (Wildman–Crippen LogP) is 4.87. The number of hydrogen-bond donors (Lipinski definition) is 1. The Balaban J connectivity index is 1.33. The van der Waals surface area contributed by atoms with E-state index in [1.807, 2.05) is 36.5 Å². The summed E-state index contributed by atoms with van der Waals surface area (Å²) in [4.78, 5) is 6.67. The molecule has 1 fully saturated rings. The fourth-order valence-electron chi connectivity index (χ4n) is 3.56. The third-order valence-corrected chi connectivity index (χ3v) is 5.13. The zero-order valence-corrected chi connectivity index (χ0v) is 16.2. The Hall–Kier alpha value is -2.85. The average molecular weight is 374 g/mol. The van der Waals surface area contributed by atoms with Gasteiger partial charge in [0, 0.05) is 42.3 Å². The van der Waals surface area contributed by atoms with Gasteiger partial charge in [0.05, 0.1) is 0 Å². The molecule has 0 amide bonds. The second kappa shape index (κ2) is 9.38. The fourth-order valence-corrected chi connectivity index (χ4v) is 3.56. The number of nitrogens with zero attached hydrogens (tertiary/aromatic N) is 2. The lowest BCUT2D eigenvalue weighted by Crippen LogP contribution is -2.18. The van der Waals surface area contributed by atoms with Crippen LogP contribution in [0, 0.1) is 0 Å². The lowest BCUT2D eigenvalue weighted by atomic mass is 10.1. The highest BCUT2D eigenvalue weighted by Gasteiger charge is 2.11. The fraction of sp³-hybridized carbons (Fsp3) is 0.292. The molecule has 0 unspecified atom stereocenters. The molecule has 4 heteroatoms. The molecule has 2 aromatic carbocycles. The second-order valence-corrected chi connectivity index (χ2v) is 7.29. The number of aromatic nitrogens is 1. The number of nitrogens with one attached hydrogen (secondary N) is 1. The molecule has 0 aliphatic carbocycles. The van der Waals surface area contributed by atoms with Crippen LogP contribution in [0.3, 0.4) is 0 Å². The molecule has 1 saturated heterocycles. The van der Waals surface area contributed by atoms with Gasteiger partial charge in [-0.1, -0.05) is 36.4 Å². The number of anilines is 1. The first-order valence-corrected chi connectivity index (χ1v) is 10.0. The van der Waals surface area contributed by atoms with Crippen molar-refractivity contribution in [2.24, 2.45) is 0 Å². The van der Waals surface area contributed by atoms with E-state index in [-0.39, 0.29) is 0 Å². The average Bonchev–Trinajstić information content (AvgIpc) is 3.26. The van der Waals surface area contributed by atoms with Gasteiger partial charge in [0.15, 0.2) is 0 Å².